The molecule has 0 amide bonds. The summed E-state index contributed by atoms with van der Waals surface area (Å²) in [5.41, 5.74) is 1.01. The number of anilines is 1. The monoisotopic (exact) mass is 359 g/mol. The number of carboxylic acid groups (broad SMARTS) is 1. The van der Waals surface area contributed by atoms with Crippen molar-refractivity contribution in [3.8, 4) is 5.75 Å². The lowest BCUT2D eigenvalue weighted by Crippen LogP contribution is -2.44. The molecule has 1 fully saturated rings. The van der Waals surface area contributed by atoms with Crippen LogP contribution in [0.5, 0.6) is 5.75 Å². The van der Waals surface area contributed by atoms with Crippen LogP contribution in [-0.4, -0.2) is 60.4 Å². The minimum absolute atomic E-state index is 0.214. The van der Waals surface area contributed by atoms with Crippen molar-refractivity contribution in [2.45, 2.75) is 20.4 Å². The number of benzene rings is 1. The zero-order valence-electron chi connectivity index (χ0n) is 15.5. The maximum atomic E-state index is 12.7. The van der Waals surface area contributed by atoms with Gasteiger partial charge in [0, 0.05) is 38.9 Å². The third-order valence-corrected chi connectivity index (χ3v) is 4.88. The Morgan fingerprint density at radius 3 is 2.46 bits per heavy atom. The molecule has 0 unspecified atom stereocenters. The predicted octanol–water partition coefficient (Wildman–Crippen LogP) is 1.87. The lowest BCUT2D eigenvalue weighted by atomic mass is 10.1. The number of fused-ring (bicyclic) bond motifs is 1. The minimum atomic E-state index is -1.21. The van der Waals surface area contributed by atoms with Crippen molar-refractivity contribution >= 4 is 22.6 Å². The normalized spacial score (nSPS) is 15.4. The number of likely N-dealkylation sites (N-methyl/N-ethyl adjacent to an activating group) is 1. The highest BCUT2D eigenvalue weighted by Crippen LogP contribution is 2.33. The fourth-order valence-corrected chi connectivity index (χ4v) is 3.39. The molecule has 0 bridgehead atoms. The van der Waals surface area contributed by atoms with Gasteiger partial charge >= 0.3 is 5.97 Å². The fraction of sp³-hybridized carbons (Fsp3) is 0.474. The first-order chi connectivity index (χ1) is 12.5. The molecule has 1 aliphatic rings. The minimum Gasteiger partial charge on any atom is -0.492 e. The Labute approximate surface area is 152 Å². The van der Waals surface area contributed by atoms with Crippen LogP contribution in [0.3, 0.4) is 0 Å². The first-order valence-corrected chi connectivity index (χ1v) is 8.97. The maximum Gasteiger partial charge on any atom is 0.341 e. The van der Waals surface area contributed by atoms with Crippen LogP contribution in [0, 0.1) is 0 Å². The van der Waals surface area contributed by atoms with Crippen LogP contribution in [0.4, 0.5) is 5.69 Å². The molecule has 1 aliphatic heterocycles. The van der Waals surface area contributed by atoms with Gasteiger partial charge in [-0.1, -0.05) is 0 Å². The second-order valence-electron chi connectivity index (χ2n) is 6.52. The van der Waals surface area contributed by atoms with Crippen molar-refractivity contribution < 1.29 is 14.6 Å². The summed E-state index contributed by atoms with van der Waals surface area (Å²) in [6.45, 7) is 8.57. The molecule has 0 spiro atoms. The number of carbonyl (C=O) groups is 1. The van der Waals surface area contributed by atoms with Crippen LogP contribution < -0.4 is 15.1 Å². The Kier molecular flexibility index (Phi) is 5.18. The molecule has 1 saturated heterocycles. The smallest absolute Gasteiger partial charge is 0.341 e. The van der Waals surface area contributed by atoms with Gasteiger partial charge in [0.1, 0.15) is 11.3 Å². The number of aromatic nitrogens is 1. The predicted molar refractivity (Wildman–Crippen MR) is 102 cm³/mol. The third kappa shape index (κ3) is 3.26. The van der Waals surface area contributed by atoms with Gasteiger partial charge in [0.05, 0.1) is 23.2 Å². The van der Waals surface area contributed by atoms with E-state index in [-0.39, 0.29) is 5.56 Å². The van der Waals surface area contributed by atoms with E-state index in [9.17, 15) is 14.7 Å². The summed E-state index contributed by atoms with van der Waals surface area (Å²) >= 11 is 0. The third-order valence-electron chi connectivity index (χ3n) is 4.88. The van der Waals surface area contributed by atoms with Gasteiger partial charge in [-0.15, -0.1) is 0 Å². The van der Waals surface area contributed by atoms with Gasteiger partial charge in [-0.2, -0.15) is 0 Å². The summed E-state index contributed by atoms with van der Waals surface area (Å²) in [5, 5.41) is 9.73. The lowest BCUT2D eigenvalue weighted by Gasteiger charge is -2.35. The Balaban J connectivity index is 2.22. The molecule has 26 heavy (non-hydrogen) atoms. The lowest BCUT2D eigenvalue weighted by molar-refractivity contribution is 0.0695. The van der Waals surface area contributed by atoms with Crippen molar-refractivity contribution in [2.24, 2.45) is 0 Å². The second kappa shape index (κ2) is 7.37. The molecule has 0 atom stereocenters. The zero-order chi connectivity index (χ0) is 18.8. The van der Waals surface area contributed by atoms with E-state index in [2.05, 4.69) is 16.8 Å². The highest BCUT2D eigenvalue weighted by atomic mass is 16.5. The van der Waals surface area contributed by atoms with E-state index in [1.54, 1.807) is 6.07 Å². The topological polar surface area (TPSA) is 75.0 Å². The van der Waals surface area contributed by atoms with Crippen LogP contribution in [-0.2, 0) is 6.54 Å². The molecule has 2 aromatic rings. The first-order valence-electron chi connectivity index (χ1n) is 8.97. The molecule has 7 nitrogen and oxygen atoms in total. The fourth-order valence-electron chi connectivity index (χ4n) is 3.39. The number of hydrogen-bond acceptors (Lipinski definition) is 5. The van der Waals surface area contributed by atoms with Crippen LogP contribution in [0.2, 0.25) is 0 Å². The van der Waals surface area contributed by atoms with Crippen molar-refractivity contribution in [1.82, 2.24) is 9.47 Å². The van der Waals surface area contributed by atoms with Gasteiger partial charge in [-0.05, 0) is 33.0 Å². The second-order valence-corrected chi connectivity index (χ2v) is 6.52. The molecule has 1 aromatic heterocycles. The van der Waals surface area contributed by atoms with Crippen molar-refractivity contribution in [3.63, 3.8) is 0 Å². The van der Waals surface area contributed by atoms with E-state index in [0.29, 0.717) is 24.3 Å². The highest BCUT2D eigenvalue weighted by Gasteiger charge is 2.21. The summed E-state index contributed by atoms with van der Waals surface area (Å²) in [7, 11) is 2.10. The van der Waals surface area contributed by atoms with Crippen molar-refractivity contribution in [1.29, 1.82) is 0 Å². The number of ether oxygens (including phenoxy) is 1. The number of hydrogen-bond donors (Lipinski definition) is 1. The molecule has 140 valence electrons. The number of rotatable bonds is 5. The Morgan fingerprint density at radius 1 is 1.19 bits per heavy atom. The number of carboxylic acids is 1. The standard InChI is InChI=1S/C19H25N3O4/c1-4-21-12-14(19(24)25)18(23)13-10-17(26-5-2)16(11-15(13)21)22-8-6-20(3)7-9-22/h10-12H,4-9H2,1-3H3,(H,24,25). The molecule has 3 rings (SSSR count). The molecule has 2 heterocycles. The molecule has 1 N–H and O–H groups in total. The van der Waals surface area contributed by atoms with E-state index in [4.69, 9.17) is 4.74 Å². The molecule has 0 radical (unpaired) electrons. The van der Waals surface area contributed by atoms with E-state index in [1.807, 2.05) is 24.5 Å². The first kappa shape index (κ1) is 18.3. The summed E-state index contributed by atoms with van der Waals surface area (Å²) in [6, 6.07) is 3.66. The largest absolute Gasteiger partial charge is 0.492 e. The Bertz CT molecular complexity index is 882. The summed E-state index contributed by atoms with van der Waals surface area (Å²) in [4.78, 5) is 28.6. The number of aryl methyl sites for hydroxylation is 1. The molecule has 0 saturated carbocycles. The van der Waals surface area contributed by atoms with E-state index in [0.717, 1.165) is 37.4 Å². The van der Waals surface area contributed by atoms with Gasteiger partial charge in [0.25, 0.3) is 0 Å². The van der Waals surface area contributed by atoms with E-state index in [1.165, 1.54) is 6.20 Å². The summed E-state index contributed by atoms with van der Waals surface area (Å²) < 4.78 is 7.62. The Hall–Kier alpha value is -2.54. The van der Waals surface area contributed by atoms with Gasteiger partial charge < -0.3 is 24.2 Å². The molecular weight excluding hydrogens is 334 g/mol. The van der Waals surface area contributed by atoms with Crippen molar-refractivity contribution in [3.05, 3.63) is 34.1 Å². The van der Waals surface area contributed by atoms with Gasteiger partial charge in [-0.3, -0.25) is 4.79 Å². The van der Waals surface area contributed by atoms with Gasteiger partial charge in [0.15, 0.2) is 0 Å². The SMILES string of the molecule is CCOc1cc2c(=O)c(C(=O)O)cn(CC)c2cc1N1CCN(C)CC1. The Morgan fingerprint density at radius 2 is 1.88 bits per heavy atom. The molecule has 1 aromatic carbocycles. The van der Waals surface area contributed by atoms with Crippen LogP contribution in [0.25, 0.3) is 10.9 Å². The number of pyridine rings is 1. The number of piperazine rings is 1. The average molecular weight is 359 g/mol. The highest BCUT2D eigenvalue weighted by molar-refractivity contribution is 5.94. The van der Waals surface area contributed by atoms with Crippen molar-refractivity contribution in [2.75, 3.05) is 44.7 Å². The van der Waals surface area contributed by atoms with Crippen LogP contribution in [0.15, 0.2) is 23.1 Å². The molecular formula is C19H25N3O4. The quantitative estimate of drug-likeness (QED) is 0.878. The van der Waals surface area contributed by atoms with Gasteiger partial charge in [-0.25, -0.2) is 4.79 Å². The summed E-state index contributed by atoms with van der Waals surface area (Å²) in [6.07, 6.45) is 1.43. The molecule has 0 aliphatic carbocycles. The maximum absolute atomic E-state index is 12.7. The van der Waals surface area contributed by atoms with Gasteiger partial charge in [0.2, 0.25) is 5.43 Å². The van der Waals surface area contributed by atoms with E-state index >= 15 is 0 Å². The number of nitrogens with zero attached hydrogens (tertiary/aromatic N) is 3. The summed E-state index contributed by atoms with van der Waals surface area (Å²) in [5.74, 6) is -0.577. The molecule has 7 heteroatoms. The van der Waals surface area contributed by atoms with E-state index < -0.39 is 11.4 Å². The van der Waals surface area contributed by atoms with Crippen LogP contribution in [0.1, 0.15) is 24.2 Å². The average Bonchev–Trinajstić information content (AvgIpc) is 2.63. The number of aromatic carboxylic acids is 1. The zero-order valence-corrected chi connectivity index (χ0v) is 15.5. The van der Waals surface area contributed by atoms with Crippen LogP contribution >= 0.6 is 0 Å².